The first-order chi connectivity index (χ1) is 17.0. The van der Waals surface area contributed by atoms with E-state index in [2.05, 4.69) is 10.6 Å². The average molecular weight is 519 g/mol. The number of nitrogens with one attached hydrogen (secondary N) is 2. The highest BCUT2D eigenvalue weighted by Crippen LogP contribution is 2.34. The normalized spacial score (nSPS) is 13.3. The van der Waals surface area contributed by atoms with E-state index in [0.29, 0.717) is 6.54 Å². The van der Waals surface area contributed by atoms with Crippen LogP contribution in [0.15, 0.2) is 18.2 Å². The van der Waals surface area contributed by atoms with E-state index in [1.54, 1.807) is 20.8 Å². The zero-order valence-electron chi connectivity index (χ0n) is 24.0. The number of alkyl carbamates (subject to hydrolysis) is 1. The minimum absolute atomic E-state index is 0.0308. The minimum atomic E-state index is -1.13. The highest BCUT2D eigenvalue weighted by molar-refractivity contribution is 5.93. The van der Waals surface area contributed by atoms with Crippen molar-refractivity contribution in [2.75, 3.05) is 6.54 Å². The van der Waals surface area contributed by atoms with Gasteiger partial charge in [-0.25, -0.2) is 4.79 Å². The highest BCUT2D eigenvalue weighted by atomic mass is 16.6. The van der Waals surface area contributed by atoms with Crippen LogP contribution in [-0.2, 0) is 19.1 Å². The number of aryl methyl sites for hydroxylation is 2. The van der Waals surface area contributed by atoms with Crippen molar-refractivity contribution in [1.29, 1.82) is 0 Å². The number of hydrogen-bond acceptors (Lipinski definition) is 5. The fraction of sp³-hybridized carbons (Fsp3) is 0.643. The van der Waals surface area contributed by atoms with E-state index >= 15 is 0 Å². The number of ether oxygens (including phenoxy) is 1. The Bertz CT molecular complexity index is 942. The molecule has 0 radical (unpaired) electrons. The van der Waals surface area contributed by atoms with Crippen molar-refractivity contribution >= 4 is 23.8 Å². The smallest absolute Gasteiger partial charge is 0.408 e. The predicted octanol–water partition coefficient (Wildman–Crippen LogP) is 4.05. The Kier molecular flexibility index (Phi) is 11.6. The summed E-state index contributed by atoms with van der Waals surface area (Å²) < 4.78 is 5.37. The molecule has 0 heterocycles. The van der Waals surface area contributed by atoms with E-state index < -0.39 is 41.1 Å². The molecule has 1 aromatic carbocycles. The van der Waals surface area contributed by atoms with E-state index in [0.717, 1.165) is 29.5 Å². The second-order valence-corrected chi connectivity index (χ2v) is 11.4. The lowest BCUT2D eigenvalue weighted by molar-refractivity contribution is -0.148. The van der Waals surface area contributed by atoms with Gasteiger partial charge < -0.3 is 26.0 Å². The monoisotopic (exact) mass is 518 g/mol. The largest absolute Gasteiger partial charge is 0.444 e. The first kappa shape index (κ1) is 31.9. The molecule has 208 valence electrons. The molecule has 4 N–H and O–H groups in total. The van der Waals surface area contributed by atoms with E-state index in [9.17, 15) is 19.2 Å². The number of amides is 4. The highest BCUT2D eigenvalue weighted by Gasteiger charge is 2.42. The molecule has 9 heteroatoms. The molecule has 0 aromatic heterocycles. The number of carbonyl (C=O) groups excluding carboxylic acids is 4. The maximum absolute atomic E-state index is 14.2. The molecule has 0 aliphatic heterocycles. The molecule has 2 unspecified atom stereocenters. The van der Waals surface area contributed by atoms with Gasteiger partial charge in [0.2, 0.25) is 17.7 Å². The molecule has 9 nitrogen and oxygen atoms in total. The lowest BCUT2D eigenvalue weighted by Crippen LogP contribution is -2.59. The van der Waals surface area contributed by atoms with Gasteiger partial charge in [-0.05, 0) is 84.9 Å². The van der Waals surface area contributed by atoms with Crippen LogP contribution >= 0.6 is 0 Å². The van der Waals surface area contributed by atoms with Gasteiger partial charge in [0.25, 0.3) is 0 Å². The number of primary amides is 1. The standard InChI is InChI=1S/C28H46N4O5/c1-10-11-17-30-24(34)23(22-18(2)13-12-14-19(22)3)32(27(4,5)6)25(35)20(15-16-21(29)33)31-26(36)37-28(7,8)9/h12-14,20,23H,10-11,15-17H2,1-9H3,(H2,29,33)(H,30,34)(H,31,36). The minimum Gasteiger partial charge on any atom is -0.444 e. The van der Waals surface area contributed by atoms with Gasteiger partial charge in [0.1, 0.15) is 17.7 Å². The molecule has 0 saturated heterocycles. The summed E-state index contributed by atoms with van der Waals surface area (Å²) >= 11 is 0. The summed E-state index contributed by atoms with van der Waals surface area (Å²) in [5.74, 6) is -1.41. The van der Waals surface area contributed by atoms with Gasteiger partial charge >= 0.3 is 6.09 Å². The van der Waals surface area contributed by atoms with Crippen LogP contribution in [-0.4, -0.2) is 52.4 Å². The molecular weight excluding hydrogens is 472 g/mol. The molecule has 1 rings (SSSR count). The van der Waals surface area contributed by atoms with Crippen molar-refractivity contribution in [3.63, 3.8) is 0 Å². The van der Waals surface area contributed by atoms with Crippen LogP contribution in [0.4, 0.5) is 4.79 Å². The summed E-state index contributed by atoms with van der Waals surface area (Å²) in [4.78, 5) is 53.7. The van der Waals surface area contributed by atoms with Crippen molar-refractivity contribution in [2.24, 2.45) is 5.73 Å². The zero-order chi connectivity index (χ0) is 28.6. The summed E-state index contributed by atoms with van der Waals surface area (Å²) in [7, 11) is 0. The van der Waals surface area contributed by atoms with Crippen LogP contribution in [0.3, 0.4) is 0 Å². The van der Waals surface area contributed by atoms with Crippen LogP contribution in [0.2, 0.25) is 0 Å². The number of carbonyl (C=O) groups is 4. The van der Waals surface area contributed by atoms with Gasteiger partial charge in [0.15, 0.2) is 0 Å². The average Bonchev–Trinajstić information content (AvgIpc) is 2.73. The third-order valence-electron chi connectivity index (χ3n) is 5.78. The lowest BCUT2D eigenvalue weighted by atomic mass is 9.90. The first-order valence-corrected chi connectivity index (χ1v) is 12.9. The second-order valence-electron chi connectivity index (χ2n) is 11.4. The van der Waals surface area contributed by atoms with Gasteiger partial charge in [-0.2, -0.15) is 0 Å². The zero-order valence-corrected chi connectivity index (χ0v) is 24.0. The Labute approximate surface area is 221 Å². The van der Waals surface area contributed by atoms with Crippen LogP contribution in [0.25, 0.3) is 0 Å². The maximum atomic E-state index is 14.2. The molecule has 0 aliphatic rings. The summed E-state index contributed by atoms with van der Waals surface area (Å²) in [5, 5.41) is 5.60. The Morgan fingerprint density at radius 3 is 2.05 bits per heavy atom. The summed E-state index contributed by atoms with van der Waals surface area (Å²) in [6.07, 6.45) is 0.763. The third-order valence-corrected chi connectivity index (χ3v) is 5.78. The van der Waals surface area contributed by atoms with Crippen molar-refractivity contribution in [1.82, 2.24) is 15.5 Å². The molecular formula is C28H46N4O5. The Morgan fingerprint density at radius 2 is 1.59 bits per heavy atom. The number of nitrogens with two attached hydrogens (primary N) is 1. The fourth-order valence-electron chi connectivity index (χ4n) is 4.13. The number of rotatable bonds is 11. The van der Waals surface area contributed by atoms with Crippen molar-refractivity contribution < 1.29 is 23.9 Å². The quantitative estimate of drug-likeness (QED) is 0.381. The molecule has 4 amide bonds. The van der Waals surface area contributed by atoms with Gasteiger partial charge in [0.05, 0.1) is 0 Å². The predicted molar refractivity (Wildman–Crippen MR) is 145 cm³/mol. The third kappa shape index (κ3) is 10.1. The first-order valence-electron chi connectivity index (χ1n) is 12.9. The van der Waals surface area contributed by atoms with Gasteiger partial charge in [-0.15, -0.1) is 0 Å². The van der Waals surface area contributed by atoms with Gasteiger partial charge in [0, 0.05) is 18.5 Å². The molecule has 0 fully saturated rings. The van der Waals surface area contributed by atoms with Gasteiger partial charge in [-0.3, -0.25) is 14.4 Å². The van der Waals surface area contributed by atoms with Crippen molar-refractivity contribution in [2.45, 2.75) is 111 Å². The molecule has 0 spiro atoms. The second kappa shape index (κ2) is 13.4. The number of hydrogen-bond donors (Lipinski definition) is 3. The van der Waals surface area contributed by atoms with E-state index in [4.69, 9.17) is 10.5 Å². The van der Waals surface area contributed by atoms with Crippen LogP contribution in [0.5, 0.6) is 0 Å². The van der Waals surface area contributed by atoms with E-state index in [1.807, 2.05) is 59.7 Å². The molecule has 1 aromatic rings. The summed E-state index contributed by atoms with van der Waals surface area (Å²) in [6, 6.07) is 3.63. The lowest BCUT2D eigenvalue weighted by Gasteiger charge is -2.43. The van der Waals surface area contributed by atoms with Crippen LogP contribution in [0, 0.1) is 13.8 Å². The molecule has 37 heavy (non-hydrogen) atoms. The molecule has 0 bridgehead atoms. The van der Waals surface area contributed by atoms with Crippen LogP contribution < -0.4 is 16.4 Å². The number of benzene rings is 1. The van der Waals surface area contributed by atoms with Gasteiger partial charge in [-0.1, -0.05) is 31.5 Å². The summed E-state index contributed by atoms with van der Waals surface area (Å²) in [5.41, 5.74) is 6.23. The summed E-state index contributed by atoms with van der Waals surface area (Å²) in [6.45, 7) is 17.0. The fourth-order valence-corrected chi connectivity index (χ4v) is 4.13. The molecule has 0 saturated carbocycles. The number of nitrogens with zero attached hydrogens (tertiary/aromatic N) is 1. The topological polar surface area (TPSA) is 131 Å². The van der Waals surface area contributed by atoms with Crippen molar-refractivity contribution in [3.05, 3.63) is 34.9 Å². The molecule has 2 atom stereocenters. The SMILES string of the molecule is CCCCNC(=O)C(c1c(C)cccc1C)N(C(=O)C(CCC(N)=O)NC(=O)OC(C)(C)C)C(C)(C)C. The maximum Gasteiger partial charge on any atom is 0.408 e. The Hall–Kier alpha value is -3.10. The number of unbranched alkanes of at least 4 members (excludes halogenated alkanes) is 1. The Morgan fingerprint density at radius 1 is 1.03 bits per heavy atom. The van der Waals surface area contributed by atoms with Crippen LogP contribution in [0.1, 0.15) is 96.9 Å². The van der Waals surface area contributed by atoms with E-state index in [-0.39, 0.29) is 18.7 Å². The Balaban J connectivity index is 3.63. The van der Waals surface area contributed by atoms with E-state index in [1.165, 1.54) is 4.90 Å². The molecule has 0 aliphatic carbocycles. The van der Waals surface area contributed by atoms with Crippen molar-refractivity contribution in [3.8, 4) is 0 Å².